The van der Waals surface area contributed by atoms with Gasteiger partial charge in [0.2, 0.25) is 0 Å². The third-order valence-electron chi connectivity index (χ3n) is 2.71. The molecule has 0 unspecified atom stereocenters. The van der Waals surface area contributed by atoms with Gasteiger partial charge >= 0.3 is 0 Å². The van der Waals surface area contributed by atoms with E-state index in [0.717, 1.165) is 21.5 Å². The van der Waals surface area contributed by atoms with Crippen molar-refractivity contribution in [2.75, 3.05) is 0 Å². The summed E-state index contributed by atoms with van der Waals surface area (Å²) in [6.07, 6.45) is 2.33. The SMILES string of the molecule is Fc1ccc(Cc2nc(Br)c3cccnn23)cc1. The second-order valence-corrected chi connectivity index (χ2v) is 4.69. The second kappa shape index (κ2) is 4.49. The smallest absolute Gasteiger partial charge is 0.136 e. The monoisotopic (exact) mass is 305 g/mol. The van der Waals surface area contributed by atoms with Gasteiger partial charge < -0.3 is 0 Å². The molecular weight excluding hydrogens is 297 g/mol. The number of imidazole rings is 1. The van der Waals surface area contributed by atoms with Crippen LogP contribution in [0.2, 0.25) is 0 Å². The molecular formula is C13H9BrFN3. The van der Waals surface area contributed by atoms with E-state index in [1.54, 1.807) is 22.8 Å². The molecule has 18 heavy (non-hydrogen) atoms. The van der Waals surface area contributed by atoms with E-state index in [0.29, 0.717) is 6.42 Å². The maximum absolute atomic E-state index is 12.8. The first-order valence-electron chi connectivity index (χ1n) is 5.46. The Kier molecular flexibility index (Phi) is 2.83. The lowest BCUT2D eigenvalue weighted by Gasteiger charge is -2.00. The minimum Gasteiger partial charge on any atom is -0.223 e. The Morgan fingerprint density at radius 1 is 1.17 bits per heavy atom. The van der Waals surface area contributed by atoms with Crippen LogP contribution in [0.1, 0.15) is 11.4 Å². The first kappa shape index (κ1) is 11.3. The van der Waals surface area contributed by atoms with Crippen molar-refractivity contribution >= 4 is 21.4 Å². The van der Waals surface area contributed by atoms with E-state index in [2.05, 4.69) is 26.0 Å². The molecule has 2 aromatic heterocycles. The Bertz CT molecular complexity index is 691. The zero-order valence-electron chi connectivity index (χ0n) is 9.35. The number of aromatic nitrogens is 3. The van der Waals surface area contributed by atoms with E-state index in [-0.39, 0.29) is 5.82 Å². The van der Waals surface area contributed by atoms with E-state index >= 15 is 0 Å². The topological polar surface area (TPSA) is 30.2 Å². The van der Waals surface area contributed by atoms with Gasteiger partial charge in [-0.3, -0.25) is 0 Å². The van der Waals surface area contributed by atoms with Crippen LogP contribution in [0.5, 0.6) is 0 Å². The van der Waals surface area contributed by atoms with Crippen LogP contribution in [0.25, 0.3) is 5.52 Å². The molecule has 0 fully saturated rings. The summed E-state index contributed by atoms with van der Waals surface area (Å²) in [6, 6.07) is 10.2. The number of benzene rings is 1. The van der Waals surface area contributed by atoms with Crippen molar-refractivity contribution in [3.8, 4) is 0 Å². The van der Waals surface area contributed by atoms with Gasteiger partial charge in [0.15, 0.2) is 0 Å². The van der Waals surface area contributed by atoms with Gasteiger partial charge in [-0.1, -0.05) is 12.1 Å². The van der Waals surface area contributed by atoms with Crippen LogP contribution in [0.15, 0.2) is 47.2 Å². The Morgan fingerprint density at radius 2 is 1.94 bits per heavy atom. The van der Waals surface area contributed by atoms with Crippen LogP contribution in [0.4, 0.5) is 4.39 Å². The molecule has 0 aliphatic heterocycles. The summed E-state index contributed by atoms with van der Waals surface area (Å²) in [5.74, 6) is 0.593. The summed E-state index contributed by atoms with van der Waals surface area (Å²) < 4.78 is 15.4. The number of nitrogens with zero attached hydrogens (tertiary/aromatic N) is 3. The zero-order chi connectivity index (χ0) is 12.5. The molecule has 0 aliphatic carbocycles. The largest absolute Gasteiger partial charge is 0.223 e. The summed E-state index contributed by atoms with van der Waals surface area (Å²) in [5, 5.41) is 4.27. The highest BCUT2D eigenvalue weighted by molar-refractivity contribution is 9.10. The lowest BCUT2D eigenvalue weighted by molar-refractivity contribution is 0.627. The Morgan fingerprint density at radius 3 is 2.72 bits per heavy atom. The fraction of sp³-hybridized carbons (Fsp3) is 0.0769. The van der Waals surface area contributed by atoms with E-state index < -0.39 is 0 Å². The van der Waals surface area contributed by atoms with Crippen molar-refractivity contribution in [1.82, 2.24) is 14.6 Å². The first-order valence-corrected chi connectivity index (χ1v) is 6.26. The van der Waals surface area contributed by atoms with Gasteiger partial charge in [0.1, 0.15) is 16.2 Å². The average molecular weight is 306 g/mol. The molecule has 0 saturated carbocycles. The zero-order valence-corrected chi connectivity index (χ0v) is 10.9. The van der Waals surface area contributed by atoms with Gasteiger partial charge in [0.05, 0.1) is 5.52 Å². The number of rotatable bonds is 2. The minimum absolute atomic E-state index is 0.231. The molecule has 5 heteroatoms. The summed E-state index contributed by atoms with van der Waals surface area (Å²) in [4.78, 5) is 4.43. The Labute approximate surface area is 111 Å². The summed E-state index contributed by atoms with van der Waals surface area (Å²) in [7, 11) is 0. The minimum atomic E-state index is -0.231. The predicted octanol–water partition coefficient (Wildman–Crippen LogP) is 3.22. The van der Waals surface area contributed by atoms with Crippen LogP contribution in [0, 0.1) is 5.82 Å². The molecule has 2 heterocycles. The third kappa shape index (κ3) is 2.01. The molecule has 0 amide bonds. The third-order valence-corrected chi connectivity index (χ3v) is 3.29. The van der Waals surface area contributed by atoms with Crippen molar-refractivity contribution < 1.29 is 4.39 Å². The maximum Gasteiger partial charge on any atom is 0.136 e. The van der Waals surface area contributed by atoms with Gasteiger partial charge in [-0.25, -0.2) is 13.9 Å². The van der Waals surface area contributed by atoms with Crippen molar-refractivity contribution in [2.45, 2.75) is 6.42 Å². The lowest BCUT2D eigenvalue weighted by Crippen LogP contribution is -1.99. The average Bonchev–Trinajstić information content (AvgIpc) is 2.70. The molecule has 90 valence electrons. The molecule has 3 aromatic rings. The molecule has 0 saturated heterocycles. The van der Waals surface area contributed by atoms with Crippen LogP contribution >= 0.6 is 15.9 Å². The van der Waals surface area contributed by atoms with Gasteiger partial charge in [0, 0.05) is 12.6 Å². The highest BCUT2D eigenvalue weighted by Gasteiger charge is 2.09. The molecule has 1 aromatic carbocycles. The number of fused-ring (bicyclic) bond motifs is 1. The molecule has 0 bridgehead atoms. The van der Waals surface area contributed by atoms with Crippen LogP contribution in [0.3, 0.4) is 0 Å². The summed E-state index contributed by atoms with van der Waals surface area (Å²) in [6.45, 7) is 0. The quantitative estimate of drug-likeness (QED) is 0.727. The van der Waals surface area contributed by atoms with E-state index in [1.807, 2.05) is 12.1 Å². The van der Waals surface area contributed by atoms with Gasteiger partial charge in [-0.05, 0) is 45.8 Å². The number of halogens is 2. The molecule has 0 N–H and O–H groups in total. The highest BCUT2D eigenvalue weighted by atomic mass is 79.9. The number of hydrogen-bond acceptors (Lipinski definition) is 2. The van der Waals surface area contributed by atoms with Crippen LogP contribution in [-0.4, -0.2) is 14.6 Å². The van der Waals surface area contributed by atoms with Crippen molar-refractivity contribution in [2.24, 2.45) is 0 Å². The molecule has 0 radical (unpaired) electrons. The van der Waals surface area contributed by atoms with Crippen LogP contribution in [-0.2, 0) is 6.42 Å². The predicted molar refractivity (Wildman–Crippen MR) is 69.9 cm³/mol. The Balaban J connectivity index is 2.02. The van der Waals surface area contributed by atoms with E-state index in [1.165, 1.54) is 12.1 Å². The first-order chi connectivity index (χ1) is 8.74. The fourth-order valence-electron chi connectivity index (χ4n) is 1.85. The molecule has 0 aliphatic rings. The van der Waals surface area contributed by atoms with Crippen molar-refractivity contribution in [3.05, 3.63) is 64.4 Å². The fourth-order valence-corrected chi connectivity index (χ4v) is 2.36. The molecule has 0 spiro atoms. The van der Waals surface area contributed by atoms with Crippen molar-refractivity contribution in [1.29, 1.82) is 0 Å². The van der Waals surface area contributed by atoms with Gasteiger partial charge in [0.25, 0.3) is 0 Å². The van der Waals surface area contributed by atoms with Gasteiger partial charge in [-0.2, -0.15) is 5.10 Å². The number of hydrogen-bond donors (Lipinski definition) is 0. The highest BCUT2D eigenvalue weighted by Crippen LogP contribution is 2.19. The summed E-state index contributed by atoms with van der Waals surface area (Å²) in [5.41, 5.74) is 1.93. The van der Waals surface area contributed by atoms with Gasteiger partial charge in [-0.15, -0.1) is 0 Å². The normalized spacial score (nSPS) is 11.0. The van der Waals surface area contributed by atoms with Crippen LogP contribution < -0.4 is 0 Å². The molecule has 3 rings (SSSR count). The maximum atomic E-state index is 12.8. The Hall–Kier alpha value is -1.75. The lowest BCUT2D eigenvalue weighted by atomic mass is 10.1. The summed E-state index contributed by atoms with van der Waals surface area (Å²) >= 11 is 3.41. The molecule has 3 nitrogen and oxygen atoms in total. The molecule has 0 atom stereocenters. The van der Waals surface area contributed by atoms with Crippen molar-refractivity contribution in [3.63, 3.8) is 0 Å². The second-order valence-electron chi connectivity index (χ2n) is 3.94. The van der Waals surface area contributed by atoms with E-state index in [9.17, 15) is 4.39 Å². The van der Waals surface area contributed by atoms with E-state index in [4.69, 9.17) is 0 Å². The standard InChI is InChI=1S/C13H9BrFN3/c14-13-11-2-1-7-16-18(11)12(17-13)8-9-3-5-10(15)6-4-9/h1-7H,8H2.